The zero-order valence-electron chi connectivity index (χ0n) is 13.9. The summed E-state index contributed by atoms with van der Waals surface area (Å²) in [6.45, 7) is 0.122. The van der Waals surface area contributed by atoms with E-state index in [1.807, 2.05) is 0 Å². The Morgan fingerprint density at radius 3 is 2.60 bits per heavy atom. The van der Waals surface area contributed by atoms with E-state index in [4.69, 9.17) is 16.3 Å². The van der Waals surface area contributed by atoms with Crippen LogP contribution >= 0.6 is 11.6 Å². The molecule has 0 fully saturated rings. The Morgan fingerprint density at radius 1 is 1.12 bits per heavy atom. The van der Waals surface area contributed by atoms with Crippen molar-refractivity contribution in [3.8, 4) is 17.6 Å². The van der Waals surface area contributed by atoms with Crippen molar-refractivity contribution in [1.29, 1.82) is 0 Å². The number of nitrogens with one attached hydrogen (secondary N) is 2. The van der Waals surface area contributed by atoms with E-state index in [-0.39, 0.29) is 18.4 Å². The van der Waals surface area contributed by atoms with E-state index in [1.165, 1.54) is 13.2 Å². The maximum atomic E-state index is 12.2. The second-order valence-corrected chi connectivity index (χ2v) is 5.39. The summed E-state index contributed by atoms with van der Waals surface area (Å²) in [5, 5.41) is 5.69. The lowest BCUT2D eigenvalue weighted by Crippen LogP contribution is -2.24. The number of benzene rings is 2. The minimum Gasteiger partial charge on any atom is -0.496 e. The third kappa shape index (κ3) is 4.75. The number of ether oxygens (including phenoxy) is 1. The Morgan fingerprint density at radius 2 is 1.88 bits per heavy atom. The lowest BCUT2D eigenvalue weighted by Gasteiger charge is -2.08. The largest absolute Gasteiger partial charge is 0.496 e. The first kappa shape index (κ1) is 18.4. The smallest absolute Gasteiger partial charge is 0.255 e. The van der Waals surface area contributed by atoms with Crippen molar-refractivity contribution in [3.05, 3.63) is 64.2 Å². The molecule has 0 heterocycles. The van der Waals surface area contributed by atoms with Crippen LogP contribution in [-0.2, 0) is 0 Å². The van der Waals surface area contributed by atoms with Crippen molar-refractivity contribution in [3.63, 3.8) is 0 Å². The van der Waals surface area contributed by atoms with Gasteiger partial charge in [-0.2, -0.15) is 0 Å². The van der Waals surface area contributed by atoms with Gasteiger partial charge in [-0.1, -0.05) is 35.6 Å². The van der Waals surface area contributed by atoms with Crippen LogP contribution in [0.3, 0.4) is 0 Å². The molecule has 2 amide bonds. The van der Waals surface area contributed by atoms with Gasteiger partial charge in [0.2, 0.25) is 0 Å². The molecule has 2 aromatic carbocycles. The molecule has 2 rings (SSSR count). The third-order valence-electron chi connectivity index (χ3n) is 3.37. The van der Waals surface area contributed by atoms with Gasteiger partial charge in [0, 0.05) is 17.6 Å². The van der Waals surface area contributed by atoms with Crippen LogP contribution in [0.4, 0.5) is 0 Å². The monoisotopic (exact) mass is 356 g/mol. The molecule has 0 saturated carbocycles. The van der Waals surface area contributed by atoms with Gasteiger partial charge in [0.15, 0.2) is 0 Å². The summed E-state index contributed by atoms with van der Waals surface area (Å²) in [6.07, 6.45) is 0. The van der Waals surface area contributed by atoms with Gasteiger partial charge in [-0.05, 0) is 30.3 Å². The normalized spacial score (nSPS) is 9.56. The fraction of sp³-hybridized carbons (Fsp3) is 0.158. The lowest BCUT2D eigenvalue weighted by atomic mass is 10.1. The summed E-state index contributed by atoms with van der Waals surface area (Å²) in [6, 6.07) is 11.8. The summed E-state index contributed by atoms with van der Waals surface area (Å²) in [4.78, 5) is 24.0. The van der Waals surface area contributed by atoms with Crippen LogP contribution in [0.1, 0.15) is 26.3 Å². The van der Waals surface area contributed by atoms with Gasteiger partial charge in [-0.25, -0.2) is 0 Å². The van der Waals surface area contributed by atoms with E-state index in [2.05, 4.69) is 22.5 Å². The van der Waals surface area contributed by atoms with Gasteiger partial charge in [-0.15, -0.1) is 0 Å². The zero-order chi connectivity index (χ0) is 18.2. The van der Waals surface area contributed by atoms with Crippen LogP contribution in [-0.4, -0.2) is 32.5 Å². The van der Waals surface area contributed by atoms with Gasteiger partial charge in [0.05, 0.1) is 24.8 Å². The van der Waals surface area contributed by atoms with Gasteiger partial charge in [0.1, 0.15) is 5.75 Å². The highest BCUT2D eigenvalue weighted by atomic mass is 35.5. The molecule has 0 saturated heterocycles. The average Bonchev–Trinajstić information content (AvgIpc) is 2.64. The van der Waals surface area contributed by atoms with E-state index in [1.54, 1.807) is 43.4 Å². The Kier molecular flexibility index (Phi) is 6.44. The van der Waals surface area contributed by atoms with Gasteiger partial charge in [0.25, 0.3) is 11.8 Å². The molecule has 0 aliphatic carbocycles. The lowest BCUT2D eigenvalue weighted by molar-refractivity contribution is 0.0950. The van der Waals surface area contributed by atoms with E-state index >= 15 is 0 Å². The van der Waals surface area contributed by atoms with E-state index in [0.29, 0.717) is 27.5 Å². The van der Waals surface area contributed by atoms with Crippen LogP contribution in [0.2, 0.25) is 5.02 Å². The summed E-state index contributed by atoms with van der Waals surface area (Å²) in [5.74, 6) is 5.61. The molecule has 0 bridgehead atoms. The average molecular weight is 357 g/mol. The van der Waals surface area contributed by atoms with Crippen LogP contribution < -0.4 is 15.4 Å². The van der Waals surface area contributed by atoms with E-state index in [9.17, 15) is 9.59 Å². The fourth-order valence-corrected chi connectivity index (χ4v) is 2.31. The fourth-order valence-electron chi connectivity index (χ4n) is 2.14. The topological polar surface area (TPSA) is 67.4 Å². The molecule has 0 unspecified atom stereocenters. The first-order chi connectivity index (χ1) is 12.1. The minimum absolute atomic E-state index is 0.122. The Hall–Kier alpha value is -2.97. The molecule has 0 spiro atoms. The third-order valence-corrected chi connectivity index (χ3v) is 3.60. The summed E-state index contributed by atoms with van der Waals surface area (Å²) >= 11 is 5.92. The molecule has 128 valence electrons. The van der Waals surface area contributed by atoms with Crippen molar-refractivity contribution >= 4 is 23.4 Å². The number of methoxy groups -OCH3 is 1. The first-order valence-electron chi connectivity index (χ1n) is 7.48. The molecule has 0 atom stereocenters. The van der Waals surface area contributed by atoms with Gasteiger partial charge < -0.3 is 15.4 Å². The number of hydrogen-bond donors (Lipinski definition) is 2. The summed E-state index contributed by atoms with van der Waals surface area (Å²) < 4.78 is 5.15. The van der Waals surface area contributed by atoms with E-state index < -0.39 is 0 Å². The Balaban J connectivity index is 2.08. The SMILES string of the molecule is CNC(=O)c1ccccc1C#CCNC(=O)c1cc(Cl)ccc1OC. The van der Waals surface area contributed by atoms with Crippen LogP contribution in [0.15, 0.2) is 42.5 Å². The highest BCUT2D eigenvalue weighted by Gasteiger charge is 2.12. The van der Waals surface area contributed by atoms with Gasteiger partial charge >= 0.3 is 0 Å². The molecule has 0 aromatic heterocycles. The highest BCUT2D eigenvalue weighted by molar-refractivity contribution is 6.31. The number of rotatable bonds is 4. The van der Waals surface area contributed by atoms with Crippen molar-refractivity contribution in [2.24, 2.45) is 0 Å². The number of halogens is 1. The highest BCUT2D eigenvalue weighted by Crippen LogP contribution is 2.22. The molecule has 0 radical (unpaired) electrons. The predicted molar refractivity (Wildman–Crippen MR) is 97.0 cm³/mol. The van der Waals surface area contributed by atoms with E-state index in [0.717, 1.165) is 0 Å². The van der Waals surface area contributed by atoms with Crippen LogP contribution in [0.5, 0.6) is 5.75 Å². The maximum absolute atomic E-state index is 12.2. The predicted octanol–water partition coefficient (Wildman–Crippen LogP) is 2.49. The number of carbonyl (C=O) groups is 2. The molecule has 6 heteroatoms. The molecule has 2 aromatic rings. The quantitative estimate of drug-likeness (QED) is 0.827. The molecule has 0 aliphatic heterocycles. The van der Waals surface area contributed by atoms with Crippen molar-refractivity contribution in [1.82, 2.24) is 10.6 Å². The standard InChI is InChI=1S/C19H17ClN2O3/c1-21-18(23)15-8-4-3-6-13(15)7-5-11-22-19(24)16-12-14(20)9-10-17(16)25-2/h3-4,6,8-10,12H,11H2,1-2H3,(H,21,23)(H,22,24). The second kappa shape index (κ2) is 8.76. The zero-order valence-corrected chi connectivity index (χ0v) is 14.6. The number of hydrogen-bond acceptors (Lipinski definition) is 3. The maximum Gasteiger partial charge on any atom is 0.255 e. The molecular weight excluding hydrogens is 340 g/mol. The second-order valence-electron chi connectivity index (χ2n) is 4.95. The number of amides is 2. The van der Waals surface area contributed by atoms with Crippen LogP contribution in [0.25, 0.3) is 0 Å². The van der Waals surface area contributed by atoms with Crippen LogP contribution in [0, 0.1) is 11.8 Å². The molecule has 2 N–H and O–H groups in total. The molecular formula is C19H17ClN2O3. The summed E-state index contributed by atoms with van der Waals surface area (Å²) in [7, 11) is 3.04. The Labute approximate surface area is 151 Å². The van der Waals surface area contributed by atoms with Crippen molar-refractivity contribution in [2.75, 3.05) is 20.7 Å². The first-order valence-corrected chi connectivity index (χ1v) is 7.86. The summed E-state index contributed by atoms with van der Waals surface area (Å²) in [5.41, 5.74) is 1.42. The minimum atomic E-state index is -0.340. The van der Waals surface area contributed by atoms with Gasteiger partial charge in [-0.3, -0.25) is 9.59 Å². The molecule has 0 aliphatic rings. The molecule has 5 nitrogen and oxygen atoms in total. The van der Waals surface area contributed by atoms with Crippen molar-refractivity contribution < 1.29 is 14.3 Å². The van der Waals surface area contributed by atoms with Crippen molar-refractivity contribution in [2.45, 2.75) is 0 Å². The molecule has 25 heavy (non-hydrogen) atoms. The number of carbonyl (C=O) groups excluding carboxylic acids is 2. The Bertz CT molecular complexity index is 853.